The van der Waals surface area contributed by atoms with E-state index in [1.807, 2.05) is 18.0 Å². The summed E-state index contributed by atoms with van der Waals surface area (Å²) in [5.41, 5.74) is 7.12. The van der Waals surface area contributed by atoms with Gasteiger partial charge in [-0.2, -0.15) is 5.10 Å². The summed E-state index contributed by atoms with van der Waals surface area (Å²) in [5, 5.41) is 4.19. The lowest BCUT2D eigenvalue weighted by Crippen LogP contribution is -2.27. The van der Waals surface area contributed by atoms with E-state index in [1.165, 1.54) is 4.68 Å². The van der Waals surface area contributed by atoms with Gasteiger partial charge in [-0.1, -0.05) is 0 Å². The van der Waals surface area contributed by atoms with Gasteiger partial charge in [0.15, 0.2) is 0 Å². The molecular formula is C14H19N5O2. The highest BCUT2D eigenvalue weighted by Gasteiger charge is 2.05. The van der Waals surface area contributed by atoms with Gasteiger partial charge in [-0.15, -0.1) is 0 Å². The maximum absolute atomic E-state index is 12.1. The minimum Gasteiger partial charge on any atom is -0.384 e. The zero-order chi connectivity index (χ0) is 15.2. The minimum absolute atomic E-state index is 0.160. The van der Waals surface area contributed by atoms with E-state index in [1.54, 1.807) is 31.6 Å². The Morgan fingerprint density at radius 2 is 2.24 bits per heavy atom. The van der Waals surface area contributed by atoms with Gasteiger partial charge in [-0.05, 0) is 17.7 Å². The van der Waals surface area contributed by atoms with Crippen LogP contribution < -0.4 is 16.2 Å². The van der Waals surface area contributed by atoms with Crippen molar-refractivity contribution >= 4 is 11.5 Å². The lowest BCUT2D eigenvalue weighted by Gasteiger charge is -2.18. The number of likely N-dealkylation sites (N-methyl/N-ethyl adjacent to an activating group) is 1. The number of pyridine rings is 1. The first-order valence-corrected chi connectivity index (χ1v) is 6.58. The van der Waals surface area contributed by atoms with E-state index < -0.39 is 0 Å². The van der Waals surface area contributed by atoms with Gasteiger partial charge in [0.1, 0.15) is 5.82 Å². The summed E-state index contributed by atoms with van der Waals surface area (Å²) in [5.74, 6) is 0.427. The van der Waals surface area contributed by atoms with Crippen LogP contribution in [0.25, 0.3) is 0 Å². The van der Waals surface area contributed by atoms with Crippen LogP contribution in [0.1, 0.15) is 5.56 Å². The minimum atomic E-state index is -0.160. The van der Waals surface area contributed by atoms with E-state index in [0.717, 1.165) is 11.3 Å². The van der Waals surface area contributed by atoms with Crippen molar-refractivity contribution in [3.8, 4) is 0 Å². The first kappa shape index (κ1) is 15.0. The molecule has 0 aliphatic heterocycles. The molecule has 112 valence electrons. The molecule has 0 aliphatic rings. The Bertz CT molecular complexity index is 656. The highest BCUT2D eigenvalue weighted by atomic mass is 16.5. The molecule has 0 radical (unpaired) electrons. The van der Waals surface area contributed by atoms with Crippen molar-refractivity contribution in [3.63, 3.8) is 0 Å². The molecule has 21 heavy (non-hydrogen) atoms. The fourth-order valence-corrected chi connectivity index (χ4v) is 1.87. The van der Waals surface area contributed by atoms with Crippen LogP contribution in [-0.2, 0) is 11.3 Å². The van der Waals surface area contributed by atoms with Crippen molar-refractivity contribution in [2.45, 2.75) is 6.54 Å². The number of nitrogen functional groups attached to an aromatic ring is 1. The molecule has 0 atom stereocenters. The first-order valence-electron chi connectivity index (χ1n) is 6.58. The van der Waals surface area contributed by atoms with E-state index in [2.05, 4.69) is 10.1 Å². The van der Waals surface area contributed by atoms with Crippen molar-refractivity contribution in [2.75, 3.05) is 37.9 Å². The Kier molecular flexibility index (Phi) is 4.89. The fraction of sp³-hybridized carbons (Fsp3) is 0.357. The third-order valence-electron chi connectivity index (χ3n) is 3.10. The quantitative estimate of drug-likeness (QED) is 0.826. The second kappa shape index (κ2) is 6.85. The van der Waals surface area contributed by atoms with E-state index in [9.17, 15) is 4.79 Å². The van der Waals surface area contributed by atoms with Gasteiger partial charge in [0.2, 0.25) is 0 Å². The smallest absolute Gasteiger partial charge is 0.269 e. The fourth-order valence-electron chi connectivity index (χ4n) is 1.87. The van der Waals surface area contributed by atoms with Gasteiger partial charge < -0.3 is 15.4 Å². The van der Waals surface area contributed by atoms with Crippen LogP contribution in [0.3, 0.4) is 0 Å². The Labute approximate surface area is 123 Å². The second-order valence-electron chi connectivity index (χ2n) is 4.71. The predicted octanol–water partition coefficient (Wildman–Crippen LogP) is 0.351. The number of ether oxygens (including phenoxy) is 1. The molecule has 2 heterocycles. The van der Waals surface area contributed by atoms with E-state index in [-0.39, 0.29) is 5.56 Å². The largest absolute Gasteiger partial charge is 0.384 e. The molecule has 0 bridgehead atoms. The highest BCUT2D eigenvalue weighted by molar-refractivity contribution is 5.41. The Balaban J connectivity index is 2.14. The van der Waals surface area contributed by atoms with Crippen molar-refractivity contribution in [1.29, 1.82) is 0 Å². The molecule has 0 aliphatic carbocycles. The highest BCUT2D eigenvalue weighted by Crippen LogP contribution is 2.08. The van der Waals surface area contributed by atoms with Gasteiger partial charge >= 0.3 is 0 Å². The van der Waals surface area contributed by atoms with E-state index in [0.29, 0.717) is 25.5 Å². The number of nitrogens with two attached hydrogens (primary N) is 1. The third-order valence-corrected chi connectivity index (χ3v) is 3.10. The van der Waals surface area contributed by atoms with Crippen LogP contribution in [0.15, 0.2) is 35.4 Å². The predicted molar refractivity (Wildman–Crippen MR) is 81.4 cm³/mol. The van der Waals surface area contributed by atoms with Crippen LogP contribution in [0.5, 0.6) is 0 Å². The molecule has 0 unspecified atom stereocenters. The van der Waals surface area contributed by atoms with E-state index >= 15 is 0 Å². The summed E-state index contributed by atoms with van der Waals surface area (Å²) in [4.78, 5) is 17.9. The molecule has 2 aromatic rings. The molecule has 0 saturated heterocycles. The van der Waals surface area contributed by atoms with E-state index in [4.69, 9.17) is 10.5 Å². The van der Waals surface area contributed by atoms with Gasteiger partial charge in [0.05, 0.1) is 25.0 Å². The summed E-state index contributed by atoms with van der Waals surface area (Å²) in [6, 6.07) is 5.10. The van der Waals surface area contributed by atoms with Crippen LogP contribution >= 0.6 is 0 Å². The third kappa shape index (κ3) is 4.03. The molecule has 0 spiro atoms. The van der Waals surface area contributed by atoms with Crippen molar-refractivity contribution in [2.24, 2.45) is 0 Å². The number of rotatable bonds is 6. The van der Waals surface area contributed by atoms with Gasteiger partial charge in [-0.3, -0.25) is 4.79 Å². The maximum atomic E-state index is 12.1. The summed E-state index contributed by atoms with van der Waals surface area (Å²) in [7, 11) is 3.54. The van der Waals surface area contributed by atoms with Crippen molar-refractivity contribution in [1.82, 2.24) is 14.8 Å². The van der Waals surface area contributed by atoms with Gasteiger partial charge in [0.25, 0.3) is 5.56 Å². The standard InChI is InChI=1S/C14H19N5O2/c1-18(5-6-21-2)12-8-14(20)19(17-9-12)10-11-3-4-16-13(15)7-11/h3-4,7-9H,5-6,10H2,1-2H3,(H2,15,16). The topological polar surface area (TPSA) is 86.3 Å². The molecule has 7 nitrogen and oxygen atoms in total. The van der Waals surface area contributed by atoms with Gasteiger partial charge in [-0.25, -0.2) is 9.67 Å². The normalized spacial score (nSPS) is 10.6. The molecule has 2 aromatic heterocycles. The number of aromatic nitrogens is 3. The first-order chi connectivity index (χ1) is 10.1. The number of anilines is 2. The summed E-state index contributed by atoms with van der Waals surface area (Å²) < 4.78 is 6.41. The average molecular weight is 289 g/mol. The molecule has 2 rings (SSSR count). The van der Waals surface area contributed by atoms with Gasteiger partial charge in [0, 0.05) is 33.0 Å². The summed E-state index contributed by atoms with van der Waals surface area (Å²) in [6.07, 6.45) is 3.28. The van der Waals surface area contributed by atoms with Crippen LogP contribution in [0.2, 0.25) is 0 Å². The van der Waals surface area contributed by atoms with Crippen LogP contribution in [0, 0.1) is 0 Å². The molecule has 0 fully saturated rings. The monoisotopic (exact) mass is 289 g/mol. The lowest BCUT2D eigenvalue weighted by atomic mass is 10.2. The molecule has 0 amide bonds. The van der Waals surface area contributed by atoms with Crippen molar-refractivity contribution < 1.29 is 4.74 Å². The average Bonchev–Trinajstić information content (AvgIpc) is 2.47. The number of hydrogen-bond acceptors (Lipinski definition) is 6. The van der Waals surface area contributed by atoms with Crippen LogP contribution in [-0.4, -0.2) is 42.1 Å². The zero-order valence-electron chi connectivity index (χ0n) is 12.2. The number of methoxy groups -OCH3 is 1. The molecular weight excluding hydrogens is 270 g/mol. The molecule has 7 heteroatoms. The Morgan fingerprint density at radius 1 is 1.43 bits per heavy atom. The molecule has 2 N–H and O–H groups in total. The number of hydrogen-bond donors (Lipinski definition) is 1. The summed E-state index contributed by atoms with van der Waals surface area (Å²) >= 11 is 0. The Hall–Kier alpha value is -2.41. The second-order valence-corrected chi connectivity index (χ2v) is 4.71. The Morgan fingerprint density at radius 3 is 2.90 bits per heavy atom. The number of nitrogens with zero attached hydrogens (tertiary/aromatic N) is 4. The van der Waals surface area contributed by atoms with Crippen molar-refractivity contribution in [3.05, 3.63) is 46.5 Å². The zero-order valence-corrected chi connectivity index (χ0v) is 12.2. The molecule has 0 saturated carbocycles. The maximum Gasteiger partial charge on any atom is 0.269 e. The van der Waals surface area contributed by atoms with Crippen LogP contribution in [0.4, 0.5) is 11.5 Å². The lowest BCUT2D eigenvalue weighted by molar-refractivity contribution is 0.206. The summed E-state index contributed by atoms with van der Waals surface area (Å²) in [6.45, 7) is 1.66. The molecule has 0 aromatic carbocycles. The SMILES string of the molecule is COCCN(C)c1cnn(Cc2ccnc(N)c2)c(=O)c1.